The summed E-state index contributed by atoms with van der Waals surface area (Å²) in [7, 11) is 0. The topological polar surface area (TPSA) is 257 Å². The largest absolute Gasteiger partial charge is 0.480 e. The van der Waals surface area contributed by atoms with Gasteiger partial charge in [-0.05, 0) is 63.4 Å². The molecular formula is C24H40N5O8+. The Hall–Kier alpha value is -3.13. The fourth-order valence-corrected chi connectivity index (χ4v) is 3.95. The maximum atomic E-state index is 11.2. The van der Waals surface area contributed by atoms with Gasteiger partial charge in [-0.25, -0.2) is 4.57 Å². The molecule has 0 aromatic carbocycles. The van der Waals surface area contributed by atoms with Crippen LogP contribution >= 0.6 is 0 Å². The third kappa shape index (κ3) is 11.6. The van der Waals surface area contributed by atoms with Crippen molar-refractivity contribution in [1.29, 1.82) is 0 Å². The summed E-state index contributed by atoms with van der Waals surface area (Å²) in [4.78, 5) is 44.5. The van der Waals surface area contributed by atoms with Crippen molar-refractivity contribution >= 4 is 23.9 Å². The second kappa shape index (κ2) is 15.9. The lowest BCUT2D eigenvalue weighted by Gasteiger charge is -2.16. The molecule has 208 valence electrons. The quantitative estimate of drug-likeness (QED) is 0.0795. The smallest absolute Gasteiger partial charge is 0.320 e. The molecule has 0 unspecified atom stereocenters. The van der Waals surface area contributed by atoms with Crippen LogP contribution in [-0.2, 0) is 45.0 Å². The number of aromatic nitrogens is 1. The Labute approximate surface area is 215 Å². The summed E-state index contributed by atoms with van der Waals surface area (Å²) < 4.78 is 1.90. The van der Waals surface area contributed by atoms with E-state index in [9.17, 15) is 29.4 Å². The van der Waals surface area contributed by atoms with Crippen LogP contribution < -0.4 is 27.5 Å². The van der Waals surface area contributed by atoms with Gasteiger partial charge in [-0.1, -0.05) is 0 Å². The van der Waals surface area contributed by atoms with Crippen molar-refractivity contribution < 1.29 is 44.2 Å². The van der Waals surface area contributed by atoms with E-state index in [4.69, 9.17) is 33.1 Å². The molecule has 0 amide bonds. The Kier molecular flexibility index (Phi) is 13.7. The van der Waals surface area contributed by atoms with Gasteiger partial charge in [0.05, 0.1) is 0 Å². The number of unbranched alkanes of at least 4 members (excludes halogenated alkanes) is 1. The van der Waals surface area contributed by atoms with E-state index in [1.54, 1.807) is 0 Å². The third-order valence-electron chi connectivity index (χ3n) is 6.26. The molecule has 37 heavy (non-hydrogen) atoms. The van der Waals surface area contributed by atoms with E-state index in [0.717, 1.165) is 16.7 Å². The summed E-state index contributed by atoms with van der Waals surface area (Å²) in [6, 6.07) is -4.09. The number of nitrogens with zero attached hydrogens (tertiary/aromatic N) is 1. The fraction of sp³-hybridized carbons (Fsp3) is 0.625. The van der Waals surface area contributed by atoms with Crippen molar-refractivity contribution in [2.75, 3.05) is 0 Å². The maximum absolute atomic E-state index is 11.2. The highest BCUT2D eigenvalue weighted by molar-refractivity contribution is 5.74. The monoisotopic (exact) mass is 526 g/mol. The summed E-state index contributed by atoms with van der Waals surface area (Å²) in [5, 5.41) is 36.4. The lowest BCUT2D eigenvalue weighted by molar-refractivity contribution is -0.698. The predicted octanol–water partition coefficient (Wildman–Crippen LogP) is -1.02. The minimum absolute atomic E-state index is 0.169. The predicted molar refractivity (Wildman–Crippen MR) is 133 cm³/mol. The van der Waals surface area contributed by atoms with E-state index >= 15 is 0 Å². The summed E-state index contributed by atoms with van der Waals surface area (Å²) in [5.74, 6) is -4.41. The number of aryl methyl sites for hydroxylation is 3. The molecule has 13 nitrogen and oxygen atoms in total. The molecule has 1 aromatic rings. The Bertz CT molecular complexity index is 897. The van der Waals surface area contributed by atoms with Crippen LogP contribution in [-0.4, -0.2) is 68.5 Å². The summed E-state index contributed by atoms with van der Waals surface area (Å²) in [6.07, 6.45) is 7.46. The van der Waals surface area contributed by atoms with Gasteiger partial charge >= 0.3 is 23.9 Å². The van der Waals surface area contributed by atoms with Crippen LogP contribution in [0, 0.1) is 0 Å². The van der Waals surface area contributed by atoms with E-state index in [0.29, 0.717) is 51.5 Å². The van der Waals surface area contributed by atoms with Crippen LogP contribution in [0.5, 0.6) is 0 Å². The highest BCUT2D eigenvalue weighted by Gasteiger charge is 2.22. The molecule has 0 aliphatic heterocycles. The zero-order valence-corrected chi connectivity index (χ0v) is 20.9. The van der Waals surface area contributed by atoms with E-state index in [1.807, 2.05) is 17.0 Å². The molecule has 0 saturated heterocycles. The molecule has 13 heteroatoms. The lowest BCUT2D eigenvalue weighted by atomic mass is 9.91. The van der Waals surface area contributed by atoms with Crippen LogP contribution in [0.3, 0.4) is 0 Å². The minimum atomic E-state index is -1.12. The first kappa shape index (κ1) is 31.9. The van der Waals surface area contributed by atoms with Crippen molar-refractivity contribution in [3.8, 4) is 0 Å². The molecule has 1 heterocycles. The van der Waals surface area contributed by atoms with Crippen molar-refractivity contribution in [3.05, 3.63) is 29.1 Å². The van der Waals surface area contributed by atoms with E-state index in [2.05, 4.69) is 0 Å². The minimum Gasteiger partial charge on any atom is -0.480 e. The molecule has 1 rings (SSSR count). The van der Waals surface area contributed by atoms with Crippen molar-refractivity contribution in [2.24, 2.45) is 22.9 Å². The first-order chi connectivity index (χ1) is 17.3. The number of hydrogen-bond acceptors (Lipinski definition) is 8. The number of pyridine rings is 1. The first-order valence-electron chi connectivity index (χ1n) is 12.3. The Morgan fingerprint density at radius 3 is 1.38 bits per heavy atom. The number of carboxylic acids is 4. The van der Waals surface area contributed by atoms with E-state index in [-0.39, 0.29) is 19.3 Å². The number of aliphatic carboxylic acids is 4. The average molecular weight is 527 g/mol. The molecule has 0 saturated carbocycles. The van der Waals surface area contributed by atoms with Gasteiger partial charge < -0.3 is 43.4 Å². The summed E-state index contributed by atoms with van der Waals surface area (Å²) in [5.41, 5.74) is 25.2. The van der Waals surface area contributed by atoms with Gasteiger partial charge in [0.15, 0.2) is 12.4 Å². The van der Waals surface area contributed by atoms with Crippen LogP contribution in [0.4, 0.5) is 0 Å². The Morgan fingerprint density at radius 2 is 0.973 bits per heavy atom. The van der Waals surface area contributed by atoms with E-state index < -0.39 is 48.0 Å². The standard InChI is InChI=1S/C24H39N5O8/c25-17(21(30)31)5-1-2-11-29-12-14(7-9-19(27)23(34)35)16(4-3-6-18(26)22(32)33)15(13-29)8-10-20(28)24(36)37/h12-13,17-20H,1-11,25-28H2,(H3-,30,31,32,33,34,35,36,37)/p+1/t17-,18+,19-,20+/m1/s1. The van der Waals surface area contributed by atoms with Gasteiger partial charge in [0.1, 0.15) is 30.7 Å². The van der Waals surface area contributed by atoms with Gasteiger partial charge in [-0.3, -0.25) is 19.2 Å². The molecule has 0 fully saturated rings. The van der Waals surface area contributed by atoms with Gasteiger partial charge in [-0.15, -0.1) is 0 Å². The molecule has 0 radical (unpaired) electrons. The first-order valence-corrected chi connectivity index (χ1v) is 12.3. The number of carbonyl (C=O) groups is 4. The van der Waals surface area contributed by atoms with Crippen molar-refractivity contribution in [3.63, 3.8) is 0 Å². The molecule has 0 spiro atoms. The summed E-state index contributed by atoms with van der Waals surface area (Å²) in [6.45, 7) is 0.534. The highest BCUT2D eigenvalue weighted by Crippen LogP contribution is 2.21. The molecular weight excluding hydrogens is 486 g/mol. The van der Waals surface area contributed by atoms with E-state index in [1.165, 1.54) is 0 Å². The van der Waals surface area contributed by atoms with Crippen LogP contribution in [0.1, 0.15) is 61.6 Å². The zero-order chi connectivity index (χ0) is 28.1. The normalized spacial score (nSPS) is 14.5. The Balaban J connectivity index is 3.23. The van der Waals surface area contributed by atoms with Gasteiger partial charge in [0.2, 0.25) is 0 Å². The molecule has 12 N–H and O–H groups in total. The second-order valence-corrected chi connectivity index (χ2v) is 9.27. The Morgan fingerprint density at radius 1 is 0.595 bits per heavy atom. The van der Waals surface area contributed by atoms with Crippen molar-refractivity contribution in [1.82, 2.24) is 0 Å². The molecule has 0 aliphatic rings. The third-order valence-corrected chi connectivity index (χ3v) is 6.26. The molecule has 4 atom stereocenters. The van der Waals surface area contributed by atoms with Crippen molar-refractivity contribution in [2.45, 2.75) is 94.9 Å². The second-order valence-electron chi connectivity index (χ2n) is 9.27. The van der Waals surface area contributed by atoms with Crippen LogP contribution in [0.25, 0.3) is 0 Å². The number of carboxylic acid groups (broad SMARTS) is 4. The fourth-order valence-electron chi connectivity index (χ4n) is 3.95. The van der Waals surface area contributed by atoms with Crippen LogP contribution in [0.15, 0.2) is 12.4 Å². The lowest BCUT2D eigenvalue weighted by Crippen LogP contribution is -2.37. The maximum Gasteiger partial charge on any atom is 0.320 e. The van der Waals surface area contributed by atoms with Crippen LogP contribution in [0.2, 0.25) is 0 Å². The number of hydrogen-bond donors (Lipinski definition) is 8. The van der Waals surface area contributed by atoms with Gasteiger partial charge in [0, 0.05) is 17.5 Å². The molecule has 1 aromatic heterocycles. The average Bonchev–Trinajstić information content (AvgIpc) is 2.83. The number of nitrogens with two attached hydrogens (primary N) is 4. The number of rotatable bonds is 19. The van der Waals surface area contributed by atoms with Gasteiger partial charge in [0.25, 0.3) is 0 Å². The zero-order valence-electron chi connectivity index (χ0n) is 20.9. The molecule has 0 aliphatic carbocycles. The summed E-state index contributed by atoms with van der Waals surface area (Å²) >= 11 is 0. The SMILES string of the molecule is N[C@H](CCCC[n+]1cc(CC[C@@H](N)C(=O)O)c(CCC[C@H](N)C(=O)O)c(CC[C@H](N)C(=O)O)c1)C(=O)O. The molecule has 0 bridgehead atoms. The van der Waals surface area contributed by atoms with Gasteiger partial charge in [-0.2, -0.15) is 0 Å². The highest BCUT2D eigenvalue weighted by atomic mass is 16.4.